The second-order valence-corrected chi connectivity index (χ2v) is 7.12. The highest BCUT2D eigenvalue weighted by atomic mass is 127. The highest BCUT2D eigenvalue weighted by Gasteiger charge is 2.19. The van der Waals surface area contributed by atoms with Crippen LogP contribution in [0, 0.1) is 3.57 Å². The van der Waals surface area contributed by atoms with Gasteiger partial charge in [0.2, 0.25) is 0 Å². The van der Waals surface area contributed by atoms with Crippen molar-refractivity contribution in [2.45, 2.75) is 5.38 Å². The molecule has 1 unspecified atom stereocenters. The Morgan fingerprint density at radius 2 is 1.76 bits per heavy atom. The van der Waals surface area contributed by atoms with Crippen LogP contribution < -0.4 is 9.47 Å². The Hall–Kier alpha value is -0.170. The fraction of sp³-hybridized carbons (Fsp3) is 0.200. The van der Waals surface area contributed by atoms with Gasteiger partial charge < -0.3 is 9.47 Å². The van der Waals surface area contributed by atoms with Crippen LogP contribution in [-0.2, 0) is 0 Å². The average Bonchev–Trinajstić information content (AvgIpc) is 2.49. The third-order valence-electron chi connectivity index (χ3n) is 3.01. The third kappa shape index (κ3) is 3.78. The molecular formula is C15H12BrCl2IO2. The monoisotopic (exact) mass is 500 g/mol. The highest BCUT2D eigenvalue weighted by molar-refractivity contribution is 14.1. The molecule has 0 amide bonds. The molecule has 0 bridgehead atoms. The average molecular weight is 502 g/mol. The molecule has 2 nitrogen and oxygen atoms in total. The van der Waals surface area contributed by atoms with Crippen LogP contribution in [0.3, 0.4) is 0 Å². The summed E-state index contributed by atoms with van der Waals surface area (Å²) in [4.78, 5) is 0. The molecule has 0 N–H and O–H groups in total. The maximum Gasteiger partial charge on any atom is 0.133 e. The normalized spacial score (nSPS) is 12.1. The summed E-state index contributed by atoms with van der Waals surface area (Å²) in [5.74, 6) is 1.39. The van der Waals surface area contributed by atoms with Gasteiger partial charge in [0.25, 0.3) is 0 Å². The molecule has 0 aliphatic carbocycles. The molecule has 2 rings (SSSR count). The molecule has 0 aliphatic heterocycles. The molecule has 0 aromatic heterocycles. The fourth-order valence-electron chi connectivity index (χ4n) is 1.93. The lowest BCUT2D eigenvalue weighted by Crippen LogP contribution is -1.99. The molecule has 112 valence electrons. The predicted molar refractivity (Wildman–Crippen MR) is 99.1 cm³/mol. The van der Waals surface area contributed by atoms with Crippen LogP contribution in [0.5, 0.6) is 11.5 Å². The van der Waals surface area contributed by atoms with E-state index >= 15 is 0 Å². The lowest BCUT2D eigenvalue weighted by atomic mass is 10.0. The van der Waals surface area contributed by atoms with E-state index in [-0.39, 0.29) is 5.38 Å². The minimum Gasteiger partial charge on any atom is -0.496 e. The van der Waals surface area contributed by atoms with Crippen LogP contribution in [0.1, 0.15) is 16.5 Å². The molecule has 0 saturated carbocycles. The Balaban J connectivity index is 2.50. The molecule has 2 aromatic carbocycles. The maximum absolute atomic E-state index is 6.61. The van der Waals surface area contributed by atoms with Gasteiger partial charge in [-0.2, -0.15) is 0 Å². The van der Waals surface area contributed by atoms with Crippen molar-refractivity contribution in [1.82, 2.24) is 0 Å². The van der Waals surface area contributed by atoms with E-state index in [1.807, 2.05) is 30.3 Å². The van der Waals surface area contributed by atoms with E-state index in [1.165, 1.54) is 0 Å². The van der Waals surface area contributed by atoms with E-state index in [0.29, 0.717) is 16.5 Å². The van der Waals surface area contributed by atoms with Gasteiger partial charge in [-0.25, -0.2) is 0 Å². The van der Waals surface area contributed by atoms with Crippen LogP contribution in [0.15, 0.2) is 34.8 Å². The smallest absolute Gasteiger partial charge is 0.133 e. The van der Waals surface area contributed by atoms with Crippen molar-refractivity contribution in [2.24, 2.45) is 0 Å². The van der Waals surface area contributed by atoms with Crippen LogP contribution in [0.25, 0.3) is 0 Å². The van der Waals surface area contributed by atoms with Gasteiger partial charge in [0.15, 0.2) is 0 Å². The molecule has 6 heteroatoms. The van der Waals surface area contributed by atoms with Gasteiger partial charge in [0.1, 0.15) is 11.5 Å². The minimum atomic E-state index is -0.378. The standard InChI is InChI=1S/C15H12BrCl2IO2/c1-20-13-7-10(16)14(21-2)6-9(13)15(18)8-3-4-12(19)11(17)5-8/h3-7,15H,1-2H3. The van der Waals surface area contributed by atoms with Crippen LogP contribution in [0.2, 0.25) is 5.02 Å². The second kappa shape index (κ2) is 7.40. The van der Waals surface area contributed by atoms with Gasteiger partial charge in [-0.05, 0) is 68.3 Å². The molecule has 2 aromatic rings. The second-order valence-electron chi connectivity index (χ2n) is 4.26. The maximum atomic E-state index is 6.61. The summed E-state index contributed by atoms with van der Waals surface area (Å²) in [6, 6.07) is 9.48. The SMILES string of the molecule is COc1cc(C(Cl)c2ccc(I)c(Cl)c2)c(OC)cc1Br. The Bertz CT molecular complexity index is 664. The lowest BCUT2D eigenvalue weighted by molar-refractivity contribution is 0.397. The number of methoxy groups -OCH3 is 2. The molecule has 0 fully saturated rings. The fourth-order valence-corrected chi connectivity index (χ4v) is 3.25. The Morgan fingerprint density at radius 1 is 1.10 bits per heavy atom. The predicted octanol–water partition coefficient (Wildman–Crippen LogP) is 6.05. The van der Waals surface area contributed by atoms with Crippen molar-refractivity contribution in [3.63, 3.8) is 0 Å². The first kappa shape index (κ1) is 17.2. The molecule has 0 saturated heterocycles. The van der Waals surface area contributed by atoms with Gasteiger partial charge in [-0.15, -0.1) is 11.6 Å². The summed E-state index contributed by atoms with van der Waals surface area (Å²) in [7, 11) is 3.23. The van der Waals surface area contributed by atoms with Crippen molar-refractivity contribution >= 4 is 61.7 Å². The zero-order valence-corrected chi connectivity index (χ0v) is 16.5. The first-order chi connectivity index (χ1) is 9.97. The quantitative estimate of drug-likeness (QED) is 0.375. The zero-order chi connectivity index (χ0) is 15.6. The van der Waals surface area contributed by atoms with E-state index in [4.69, 9.17) is 32.7 Å². The largest absolute Gasteiger partial charge is 0.496 e. The number of halogens is 4. The van der Waals surface area contributed by atoms with E-state index in [0.717, 1.165) is 19.2 Å². The Labute approximate surface area is 156 Å². The topological polar surface area (TPSA) is 18.5 Å². The first-order valence-corrected chi connectivity index (χ1v) is 8.67. The van der Waals surface area contributed by atoms with Crippen molar-refractivity contribution in [3.05, 3.63) is 54.5 Å². The van der Waals surface area contributed by atoms with Crippen molar-refractivity contribution in [1.29, 1.82) is 0 Å². The van der Waals surface area contributed by atoms with Gasteiger partial charge in [0, 0.05) is 9.13 Å². The van der Waals surface area contributed by atoms with Gasteiger partial charge in [0.05, 0.1) is 29.1 Å². The summed E-state index contributed by atoms with van der Waals surface area (Å²) >= 11 is 18.4. The molecule has 1 atom stereocenters. The summed E-state index contributed by atoms with van der Waals surface area (Å²) < 4.78 is 12.5. The van der Waals surface area contributed by atoms with E-state index in [2.05, 4.69) is 38.5 Å². The Kier molecular flexibility index (Phi) is 6.05. The van der Waals surface area contributed by atoms with E-state index in [9.17, 15) is 0 Å². The summed E-state index contributed by atoms with van der Waals surface area (Å²) in [6.07, 6.45) is 0. The summed E-state index contributed by atoms with van der Waals surface area (Å²) in [5, 5.41) is 0.304. The lowest BCUT2D eigenvalue weighted by Gasteiger charge is -2.17. The first-order valence-electron chi connectivity index (χ1n) is 5.98. The zero-order valence-electron chi connectivity index (χ0n) is 11.3. The number of alkyl halides is 1. The van der Waals surface area contributed by atoms with Gasteiger partial charge >= 0.3 is 0 Å². The summed E-state index contributed by atoms with van der Waals surface area (Å²) in [6.45, 7) is 0. The number of ether oxygens (including phenoxy) is 2. The van der Waals surface area contributed by atoms with Crippen molar-refractivity contribution in [2.75, 3.05) is 14.2 Å². The summed E-state index contributed by atoms with van der Waals surface area (Å²) in [5.41, 5.74) is 1.74. The number of benzene rings is 2. The van der Waals surface area contributed by atoms with Crippen molar-refractivity contribution in [3.8, 4) is 11.5 Å². The molecule has 21 heavy (non-hydrogen) atoms. The number of hydrogen-bond donors (Lipinski definition) is 0. The molecule has 0 aliphatic rings. The molecule has 0 spiro atoms. The van der Waals surface area contributed by atoms with Crippen molar-refractivity contribution < 1.29 is 9.47 Å². The molecular weight excluding hydrogens is 490 g/mol. The van der Waals surface area contributed by atoms with E-state index < -0.39 is 0 Å². The van der Waals surface area contributed by atoms with Crippen LogP contribution >= 0.6 is 61.7 Å². The molecule has 0 radical (unpaired) electrons. The van der Waals surface area contributed by atoms with Crippen LogP contribution in [-0.4, -0.2) is 14.2 Å². The Morgan fingerprint density at radius 3 is 2.33 bits per heavy atom. The number of hydrogen-bond acceptors (Lipinski definition) is 2. The van der Waals surface area contributed by atoms with Crippen LogP contribution in [0.4, 0.5) is 0 Å². The highest BCUT2D eigenvalue weighted by Crippen LogP contribution is 2.41. The van der Waals surface area contributed by atoms with Gasteiger partial charge in [-0.1, -0.05) is 17.7 Å². The third-order valence-corrected chi connectivity index (χ3v) is 5.69. The van der Waals surface area contributed by atoms with Gasteiger partial charge in [-0.3, -0.25) is 0 Å². The minimum absolute atomic E-state index is 0.378. The van der Waals surface area contributed by atoms with E-state index in [1.54, 1.807) is 14.2 Å². The molecule has 0 heterocycles. The number of rotatable bonds is 4.